The minimum Gasteiger partial charge on any atom is -0.310 e. The second kappa shape index (κ2) is 12.8. The summed E-state index contributed by atoms with van der Waals surface area (Å²) in [4.78, 5) is 2.52. The molecular weight excluding hydrogens is 723 g/mol. The summed E-state index contributed by atoms with van der Waals surface area (Å²) in [6, 6.07) is 66.9. The van der Waals surface area contributed by atoms with Gasteiger partial charge >= 0.3 is 0 Å². The molecule has 60 heavy (non-hydrogen) atoms. The number of nitrogens with zero attached hydrogens (tertiary/aromatic N) is 1. The third-order valence-corrected chi connectivity index (χ3v) is 15.0. The van der Waals surface area contributed by atoms with Crippen LogP contribution in [-0.2, 0) is 16.2 Å². The van der Waals surface area contributed by atoms with Crippen molar-refractivity contribution < 1.29 is 0 Å². The normalized spacial score (nSPS) is 16.5. The molecule has 0 heterocycles. The van der Waals surface area contributed by atoms with Gasteiger partial charge in [-0.15, -0.1) is 0 Å². The van der Waals surface area contributed by atoms with Crippen molar-refractivity contribution in [2.45, 2.75) is 69.6 Å². The molecule has 0 N–H and O–H groups in total. The Balaban J connectivity index is 1.00. The van der Waals surface area contributed by atoms with Crippen molar-refractivity contribution in [3.63, 3.8) is 0 Å². The molecule has 0 bridgehead atoms. The van der Waals surface area contributed by atoms with Crippen molar-refractivity contribution in [2.75, 3.05) is 4.90 Å². The van der Waals surface area contributed by atoms with Crippen molar-refractivity contribution in [1.29, 1.82) is 0 Å². The van der Waals surface area contributed by atoms with Gasteiger partial charge in [-0.1, -0.05) is 180 Å². The topological polar surface area (TPSA) is 3.24 Å². The van der Waals surface area contributed by atoms with Crippen LogP contribution in [0.15, 0.2) is 176 Å². The third-order valence-electron chi connectivity index (χ3n) is 15.0. The van der Waals surface area contributed by atoms with E-state index in [1.165, 1.54) is 126 Å². The van der Waals surface area contributed by atoms with Crippen molar-refractivity contribution in [3.8, 4) is 55.6 Å². The molecule has 4 aliphatic rings. The molecule has 4 aliphatic carbocycles. The lowest BCUT2D eigenvalue weighted by molar-refractivity contribution is 0.550. The zero-order chi connectivity index (χ0) is 40.4. The molecule has 1 fully saturated rings. The molecule has 290 valence electrons. The van der Waals surface area contributed by atoms with Crippen molar-refractivity contribution in [3.05, 3.63) is 209 Å². The number of hydrogen-bond acceptors (Lipinski definition) is 1. The molecular formula is C59H49N. The highest BCUT2D eigenvalue weighted by Gasteiger charge is 2.45. The third kappa shape index (κ3) is 4.87. The summed E-state index contributed by atoms with van der Waals surface area (Å²) >= 11 is 0. The molecule has 1 saturated carbocycles. The van der Waals surface area contributed by atoms with E-state index in [0.717, 1.165) is 5.69 Å². The molecule has 12 rings (SSSR count). The van der Waals surface area contributed by atoms with Crippen LogP contribution < -0.4 is 4.90 Å². The van der Waals surface area contributed by atoms with Gasteiger partial charge in [0.2, 0.25) is 0 Å². The Morgan fingerprint density at radius 2 is 0.767 bits per heavy atom. The van der Waals surface area contributed by atoms with E-state index in [9.17, 15) is 0 Å². The number of benzene rings is 8. The summed E-state index contributed by atoms with van der Waals surface area (Å²) in [6.45, 7) is 9.54. The van der Waals surface area contributed by atoms with E-state index in [1.807, 2.05) is 0 Å². The molecule has 0 saturated heterocycles. The van der Waals surface area contributed by atoms with Crippen LogP contribution in [-0.4, -0.2) is 0 Å². The van der Waals surface area contributed by atoms with Gasteiger partial charge in [-0.2, -0.15) is 0 Å². The zero-order valence-electron chi connectivity index (χ0n) is 35.0. The predicted octanol–water partition coefficient (Wildman–Crippen LogP) is 15.9. The van der Waals surface area contributed by atoms with Crippen LogP contribution in [0.25, 0.3) is 55.6 Å². The molecule has 1 nitrogen and oxygen atoms in total. The Bertz CT molecular complexity index is 3040. The van der Waals surface area contributed by atoms with E-state index in [1.54, 1.807) is 0 Å². The molecule has 0 amide bonds. The van der Waals surface area contributed by atoms with E-state index in [4.69, 9.17) is 0 Å². The maximum absolute atomic E-state index is 2.55. The minimum absolute atomic E-state index is 0.0935. The maximum Gasteiger partial charge on any atom is 0.0465 e. The van der Waals surface area contributed by atoms with Crippen LogP contribution in [0.4, 0.5) is 17.1 Å². The van der Waals surface area contributed by atoms with Crippen LogP contribution in [0.1, 0.15) is 86.8 Å². The van der Waals surface area contributed by atoms with Gasteiger partial charge in [0.25, 0.3) is 0 Å². The van der Waals surface area contributed by atoms with Gasteiger partial charge in [-0.05, 0) is 138 Å². The molecule has 0 aromatic heterocycles. The summed E-state index contributed by atoms with van der Waals surface area (Å²) in [5.41, 5.74) is 25.4. The van der Waals surface area contributed by atoms with Gasteiger partial charge in [-0.3, -0.25) is 0 Å². The van der Waals surface area contributed by atoms with Crippen molar-refractivity contribution in [1.82, 2.24) is 0 Å². The summed E-state index contributed by atoms with van der Waals surface area (Å²) in [7, 11) is 0. The predicted molar refractivity (Wildman–Crippen MR) is 252 cm³/mol. The first-order chi connectivity index (χ1) is 29.3. The van der Waals surface area contributed by atoms with E-state index < -0.39 is 0 Å². The Morgan fingerprint density at radius 1 is 0.333 bits per heavy atom. The number of rotatable bonds is 5. The van der Waals surface area contributed by atoms with Gasteiger partial charge in [0.1, 0.15) is 0 Å². The largest absolute Gasteiger partial charge is 0.310 e. The van der Waals surface area contributed by atoms with Gasteiger partial charge in [0, 0.05) is 33.3 Å². The maximum atomic E-state index is 2.55. The number of hydrogen-bond donors (Lipinski definition) is 0. The van der Waals surface area contributed by atoms with Crippen LogP contribution >= 0.6 is 0 Å². The fourth-order valence-electron chi connectivity index (χ4n) is 12.2. The van der Waals surface area contributed by atoms with Gasteiger partial charge in [-0.25, -0.2) is 0 Å². The standard InChI is InChI=1S/C59H49N/c1-57(2)51-23-10-7-18-44(51)47-32-30-40(36-54(47)57)60(41-31-33-48-45-19-9-12-25-53(45)59(55(48)37-41)34-13-14-35-59)39-28-26-38(27-29-39)42-16-5-6-17-43(42)49-21-15-22-50-46-20-8-11-24-52(46)58(3,4)56(49)50/h5-12,15-33,36-37H,13-14,34-35H2,1-4H3. The monoisotopic (exact) mass is 771 g/mol. The first-order valence-electron chi connectivity index (χ1n) is 22.0. The Kier molecular flexibility index (Phi) is 7.56. The van der Waals surface area contributed by atoms with Crippen molar-refractivity contribution >= 4 is 17.1 Å². The van der Waals surface area contributed by atoms with E-state index >= 15 is 0 Å². The Morgan fingerprint density at radius 3 is 1.42 bits per heavy atom. The molecule has 0 atom stereocenters. The minimum atomic E-state index is -0.0971. The van der Waals surface area contributed by atoms with Crippen LogP contribution in [0, 0.1) is 0 Å². The zero-order valence-corrected chi connectivity index (χ0v) is 35.0. The lowest BCUT2D eigenvalue weighted by atomic mass is 9.76. The highest BCUT2D eigenvalue weighted by Crippen LogP contribution is 2.59. The van der Waals surface area contributed by atoms with Crippen molar-refractivity contribution in [2.24, 2.45) is 0 Å². The van der Waals surface area contributed by atoms with E-state index in [-0.39, 0.29) is 16.2 Å². The van der Waals surface area contributed by atoms with E-state index in [2.05, 4.69) is 209 Å². The Labute approximate surface area is 355 Å². The fraction of sp³-hybridized carbons (Fsp3) is 0.186. The second-order valence-corrected chi connectivity index (χ2v) is 18.8. The lowest BCUT2D eigenvalue weighted by Crippen LogP contribution is -2.21. The molecule has 1 heteroatoms. The fourth-order valence-corrected chi connectivity index (χ4v) is 12.2. The summed E-state index contributed by atoms with van der Waals surface area (Å²) < 4.78 is 0. The Hall–Kier alpha value is -6.44. The molecule has 0 aliphatic heterocycles. The average molecular weight is 772 g/mol. The summed E-state index contributed by atoms with van der Waals surface area (Å²) in [5, 5.41) is 0. The van der Waals surface area contributed by atoms with Gasteiger partial charge < -0.3 is 4.90 Å². The first-order valence-corrected chi connectivity index (χ1v) is 22.0. The molecule has 8 aromatic rings. The summed E-state index contributed by atoms with van der Waals surface area (Å²) in [6.07, 6.45) is 4.99. The van der Waals surface area contributed by atoms with Crippen LogP contribution in [0.2, 0.25) is 0 Å². The summed E-state index contributed by atoms with van der Waals surface area (Å²) in [5.74, 6) is 0. The smallest absolute Gasteiger partial charge is 0.0465 e. The lowest BCUT2D eigenvalue weighted by Gasteiger charge is -2.31. The highest BCUT2D eigenvalue weighted by atomic mass is 15.1. The molecule has 0 unspecified atom stereocenters. The van der Waals surface area contributed by atoms with Gasteiger partial charge in [0.05, 0.1) is 0 Å². The average Bonchev–Trinajstić information content (AvgIpc) is 4.01. The second-order valence-electron chi connectivity index (χ2n) is 18.8. The molecule has 0 radical (unpaired) electrons. The highest BCUT2D eigenvalue weighted by molar-refractivity contribution is 5.94. The molecule has 1 spiro atoms. The quantitative estimate of drug-likeness (QED) is 0.168. The van der Waals surface area contributed by atoms with Crippen LogP contribution in [0.5, 0.6) is 0 Å². The number of fused-ring (bicyclic) bond motifs is 11. The van der Waals surface area contributed by atoms with Gasteiger partial charge in [0.15, 0.2) is 0 Å². The SMILES string of the molecule is CC1(C)c2ccccc2-c2ccc(N(c3ccc(-c4ccccc4-c4cccc5c4C(C)(C)c4ccccc4-5)cc3)c3ccc4c(c3)C3(CCCC3)c3ccccc3-4)cc21. The molecule has 8 aromatic carbocycles. The number of anilines is 3. The van der Waals surface area contributed by atoms with Crippen LogP contribution in [0.3, 0.4) is 0 Å². The van der Waals surface area contributed by atoms with E-state index in [0.29, 0.717) is 0 Å². The first kappa shape index (κ1) is 35.5.